The second-order valence-electron chi connectivity index (χ2n) is 5.93. The number of hydrogen-bond acceptors (Lipinski definition) is 1. The van der Waals surface area contributed by atoms with Crippen LogP contribution < -0.4 is 10.6 Å². The molecule has 0 bridgehead atoms. The van der Waals surface area contributed by atoms with Gasteiger partial charge in [0.25, 0.3) is 0 Å². The molecule has 0 aliphatic carbocycles. The maximum absolute atomic E-state index is 5.42. The molecule has 0 fully saturated rings. The van der Waals surface area contributed by atoms with Crippen molar-refractivity contribution in [1.29, 1.82) is 0 Å². The summed E-state index contributed by atoms with van der Waals surface area (Å²) >= 11 is 5.42. The number of aryl methyl sites for hydroxylation is 2. The average molecular weight is 278 g/mol. The molecule has 0 saturated heterocycles. The summed E-state index contributed by atoms with van der Waals surface area (Å²) in [7, 11) is 0. The van der Waals surface area contributed by atoms with Gasteiger partial charge in [-0.1, -0.05) is 26.0 Å². The minimum atomic E-state index is -0.0212. The number of nitrogens with one attached hydrogen (secondary N) is 2. The molecule has 1 aromatic carbocycles. The summed E-state index contributed by atoms with van der Waals surface area (Å²) in [6.07, 6.45) is 2.02. The van der Waals surface area contributed by atoms with E-state index in [1.807, 2.05) is 0 Å². The number of benzene rings is 1. The Morgan fingerprint density at radius 2 is 1.79 bits per heavy atom. The molecule has 106 valence electrons. The molecule has 0 radical (unpaired) electrons. The van der Waals surface area contributed by atoms with Gasteiger partial charge in [0.1, 0.15) is 0 Å². The highest BCUT2D eigenvalue weighted by Gasteiger charge is 2.14. The molecule has 2 nitrogen and oxygen atoms in total. The predicted octanol–water partition coefficient (Wildman–Crippen LogP) is 4.20. The molecule has 19 heavy (non-hydrogen) atoms. The van der Waals surface area contributed by atoms with E-state index in [4.69, 9.17) is 12.2 Å². The van der Waals surface area contributed by atoms with E-state index in [9.17, 15) is 0 Å². The van der Waals surface area contributed by atoms with Crippen LogP contribution >= 0.6 is 12.2 Å². The lowest BCUT2D eigenvalue weighted by Gasteiger charge is -2.25. The molecule has 0 aliphatic rings. The van der Waals surface area contributed by atoms with Gasteiger partial charge in [0.15, 0.2) is 5.11 Å². The van der Waals surface area contributed by atoms with E-state index in [2.05, 4.69) is 64.3 Å². The molecule has 0 aromatic heterocycles. The van der Waals surface area contributed by atoms with Crippen molar-refractivity contribution in [2.75, 3.05) is 5.32 Å². The standard InChI is InChI=1S/C16H26N2S/c1-7-12-10-9-11(3)13(8-2)14(12)17-15(19)18-16(4,5)6/h9-10H,7-8H2,1-6H3,(H2,17,18,19). The molecule has 0 atom stereocenters. The van der Waals surface area contributed by atoms with Crippen LogP contribution in [0.15, 0.2) is 12.1 Å². The lowest BCUT2D eigenvalue weighted by Crippen LogP contribution is -2.43. The first-order valence-corrected chi connectivity index (χ1v) is 7.39. The molecule has 0 heterocycles. The predicted molar refractivity (Wildman–Crippen MR) is 89.0 cm³/mol. The molecule has 0 unspecified atom stereocenters. The van der Waals surface area contributed by atoms with Crippen LogP contribution in [0.3, 0.4) is 0 Å². The van der Waals surface area contributed by atoms with Crippen LogP contribution in [0.5, 0.6) is 0 Å². The summed E-state index contributed by atoms with van der Waals surface area (Å²) in [5.41, 5.74) is 5.16. The van der Waals surface area contributed by atoms with Crippen molar-refractivity contribution in [2.45, 2.75) is 59.9 Å². The van der Waals surface area contributed by atoms with Crippen molar-refractivity contribution in [1.82, 2.24) is 5.32 Å². The van der Waals surface area contributed by atoms with Crippen molar-refractivity contribution in [3.05, 3.63) is 28.8 Å². The number of hydrogen-bond donors (Lipinski definition) is 2. The lowest BCUT2D eigenvalue weighted by atomic mass is 9.98. The van der Waals surface area contributed by atoms with Gasteiger partial charge in [0.2, 0.25) is 0 Å². The first kappa shape index (κ1) is 16.0. The highest BCUT2D eigenvalue weighted by Crippen LogP contribution is 2.26. The zero-order valence-electron chi connectivity index (χ0n) is 13.0. The highest BCUT2D eigenvalue weighted by atomic mass is 32.1. The molecule has 0 spiro atoms. The summed E-state index contributed by atoms with van der Waals surface area (Å²) in [6, 6.07) is 4.39. The minimum absolute atomic E-state index is 0.0212. The van der Waals surface area contributed by atoms with Crippen LogP contribution in [-0.2, 0) is 12.8 Å². The Bertz CT molecular complexity index is 459. The lowest BCUT2D eigenvalue weighted by molar-refractivity contribution is 0.515. The Balaban J connectivity index is 3.05. The Morgan fingerprint density at radius 3 is 2.26 bits per heavy atom. The molecule has 3 heteroatoms. The van der Waals surface area contributed by atoms with Crippen LogP contribution in [0, 0.1) is 6.92 Å². The largest absolute Gasteiger partial charge is 0.358 e. The summed E-state index contributed by atoms with van der Waals surface area (Å²) in [4.78, 5) is 0. The Kier molecular flexibility index (Phi) is 5.36. The second kappa shape index (κ2) is 6.38. The average Bonchev–Trinajstić information content (AvgIpc) is 2.27. The molecule has 0 aliphatic heterocycles. The number of thiocarbonyl (C=S) groups is 1. The fraction of sp³-hybridized carbons (Fsp3) is 0.562. The van der Waals surface area contributed by atoms with Crippen LogP contribution in [-0.4, -0.2) is 10.7 Å². The van der Waals surface area contributed by atoms with E-state index in [0.29, 0.717) is 5.11 Å². The van der Waals surface area contributed by atoms with Gasteiger partial charge in [-0.15, -0.1) is 0 Å². The molecule has 2 N–H and O–H groups in total. The van der Waals surface area contributed by atoms with Gasteiger partial charge in [-0.2, -0.15) is 0 Å². The topological polar surface area (TPSA) is 24.1 Å². The Morgan fingerprint density at radius 1 is 1.16 bits per heavy atom. The van der Waals surface area contributed by atoms with E-state index >= 15 is 0 Å². The summed E-state index contributed by atoms with van der Waals surface area (Å²) < 4.78 is 0. The van der Waals surface area contributed by atoms with Crippen molar-refractivity contribution in [3.63, 3.8) is 0 Å². The zero-order valence-corrected chi connectivity index (χ0v) is 13.8. The van der Waals surface area contributed by atoms with Gasteiger partial charge < -0.3 is 10.6 Å². The maximum Gasteiger partial charge on any atom is 0.171 e. The monoisotopic (exact) mass is 278 g/mol. The van der Waals surface area contributed by atoms with E-state index in [0.717, 1.165) is 12.8 Å². The summed E-state index contributed by atoms with van der Waals surface area (Å²) in [5, 5.41) is 7.41. The van der Waals surface area contributed by atoms with Crippen molar-refractivity contribution in [2.24, 2.45) is 0 Å². The summed E-state index contributed by atoms with van der Waals surface area (Å²) in [5.74, 6) is 0. The minimum Gasteiger partial charge on any atom is -0.358 e. The zero-order chi connectivity index (χ0) is 14.6. The second-order valence-corrected chi connectivity index (χ2v) is 6.34. The highest BCUT2D eigenvalue weighted by molar-refractivity contribution is 7.80. The van der Waals surface area contributed by atoms with Crippen molar-refractivity contribution < 1.29 is 0 Å². The van der Waals surface area contributed by atoms with E-state index in [1.165, 1.54) is 22.4 Å². The third-order valence-corrected chi connectivity index (χ3v) is 3.30. The third kappa shape index (κ3) is 4.50. The first-order chi connectivity index (χ1) is 8.78. The van der Waals surface area contributed by atoms with Crippen LogP contribution in [0.2, 0.25) is 0 Å². The molecule has 1 rings (SSSR count). The Labute approximate surface area is 123 Å². The van der Waals surface area contributed by atoms with Gasteiger partial charge in [0, 0.05) is 11.2 Å². The van der Waals surface area contributed by atoms with Crippen molar-refractivity contribution >= 4 is 23.0 Å². The van der Waals surface area contributed by atoms with Crippen LogP contribution in [0.4, 0.5) is 5.69 Å². The van der Waals surface area contributed by atoms with Crippen molar-refractivity contribution in [3.8, 4) is 0 Å². The van der Waals surface area contributed by atoms with Gasteiger partial charge in [-0.3, -0.25) is 0 Å². The smallest absolute Gasteiger partial charge is 0.171 e. The van der Waals surface area contributed by atoms with E-state index in [-0.39, 0.29) is 5.54 Å². The maximum atomic E-state index is 5.42. The number of rotatable bonds is 3. The summed E-state index contributed by atoms with van der Waals surface area (Å²) in [6.45, 7) is 12.8. The number of anilines is 1. The normalized spacial score (nSPS) is 11.3. The SMILES string of the molecule is CCc1ccc(C)c(CC)c1NC(=S)NC(C)(C)C. The van der Waals surface area contributed by atoms with Crippen LogP contribution in [0.1, 0.15) is 51.3 Å². The van der Waals surface area contributed by atoms with Crippen LogP contribution in [0.25, 0.3) is 0 Å². The van der Waals surface area contributed by atoms with E-state index < -0.39 is 0 Å². The van der Waals surface area contributed by atoms with E-state index in [1.54, 1.807) is 0 Å². The van der Waals surface area contributed by atoms with Gasteiger partial charge >= 0.3 is 0 Å². The fourth-order valence-electron chi connectivity index (χ4n) is 2.19. The van der Waals surface area contributed by atoms with Gasteiger partial charge in [0.05, 0.1) is 0 Å². The van der Waals surface area contributed by atoms with Gasteiger partial charge in [-0.05, 0) is 69.4 Å². The third-order valence-electron chi connectivity index (χ3n) is 3.09. The Hall–Kier alpha value is -1.09. The molecule has 1 aromatic rings. The quantitative estimate of drug-likeness (QED) is 0.810. The van der Waals surface area contributed by atoms with Gasteiger partial charge in [-0.25, -0.2) is 0 Å². The molecule has 0 amide bonds. The fourth-order valence-corrected chi connectivity index (χ4v) is 2.60. The molecular weight excluding hydrogens is 252 g/mol. The first-order valence-electron chi connectivity index (χ1n) is 6.99. The molecular formula is C16H26N2S. The molecule has 0 saturated carbocycles.